The quantitative estimate of drug-likeness (QED) is 0.370. The summed E-state index contributed by atoms with van der Waals surface area (Å²) in [5.41, 5.74) is 0. The summed E-state index contributed by atoms with van der Waals surface area (Å²) in [6, 6.07) is 0. The predicted molar refractivity (Wildman–Crippen MR) is 22.3 cm³/mol. The Kier molecular flexibility index (Phi) is 7.01. The number of hydrogen-bond donors (Lipinski definition) is 0. The topological polar surface area (TPSA) is 69.2 Å². The van der Waals surface area contributed by atoms with Crippen molar-refractivity contribution in [2.24, 2.45) is 0 Å². The molecular weight excluding hydrogens is 172 g/mol. The molecule has 0 unspecified atom stereocenters. The number of hydrogen-bond acceptors (Lipinski definition) is 3. The molecule has 0 spiro atoms. The van der Waals surface area contributed by atoms with Crippen molar-refractivity contribution in [1.82, 2.24) is 0 Å². The minimum absolute atomic E-state index is 0. The molecule has 0 rings (SSSR count). The Bertz CT molecular complexity index is 59.7. The van der Waals surface area contributed by atoms with E-state index >= 15 is 0 Å². The van der Waals surface area contributed by atoms with Crippen molar-refractivity contribution in [3.63, 3.8) is 0 Å². The molecule has 0 heterocycles. The first kappa shape index (κ1) is 12.1. The van der Waals surface area contributed by atoms with E-state index < -0.39 is 5.97 Å². The molecule has 0 saturated carbocycles. The molecule has 4 heteroatoms. The van der Waals surface area contributed by atoms with E-state index in [9.17, 15) is 15.3 Å². The minimum Gasteiger partial charge on any atom is -0.876 e. The van der Waals surface area contributed by atoms with E-state index in [1.807, 2.05) is 6.92 Å². The molecule has 1 radical (unpaired) electrons. The van der Waals surface area contributed by atoms with Crippen LogP contribution in [0.3, 0.4) is 0 Å². The first-order chi connectivity index (χ1) is 3.56. The summed E-state index contributed by atoms with van der Waals surface area (Å²) in [7, 11) is 0. The summed E-state index contributed by atoms with van der Waals surface area (Å²) in [6.45, 7) is 1.83. The van der Waals surface area contributed by atoms with E-state index in [-0.39, 0.29) is 23.5 Å². The van der Waals surface area contributed by atoms with Gasteiger partial charge in [-0.15, -0.1) is 0 Å². The molecule has 9 heavy (non-hydrogen) atoms. The molecule has 0 aromatic heterocycles. The van der Waals surface area contributed by atoms with Crippen molar-refractivity contribution < 1.29 is 32.4 Å². The summed E-state index contributed by atoms with van der Waals surface area (Å²) >= 11 is 0. The van der Waals surface area contributed by atoms with Crippen LogP contribution in [-0.4, -0.2) is 5.97 Å². The first-order valence-electron chi connectivity index (χ1n) is 2.67. The molecule has 0 atom stereocenters. The molecule has 3 nitrogen and oxygen atoms in total. The maximum absolute atomic E-state index is 9.75. The van der Waals surface area contributed by atoms with Gasteiger partial charge in [0.2, 0.25) is 0 Å². The molecule has 0 N–H and O–H groups in total. The van der Waals surface area contributed by atoms with Gasteiger partial charge in [-0.2, -0.15) is 0 Å². The second-order valence-electron chi connectivity index (χ2n) is 1.79. The van der Waals surface area contributed by atoms with Crippen LogP contribution in [0.2, 0.25) is 0 Å². The van der Waals surface area contributed by atoms with E-state index in [0.29, 0.717) is 6.42 Å². The second-order valence-corrected chi connectivity index (χ2v) is 1.79. The van der Waals surface area contributed by atoms with E-state index in [4.69, 9.17) is 0 Å². The van der Waals surface area contributed by atoms with Crippen molar-refractivity contribution >= 4 is 0 Å². The molecule has 0 bridgehead atoms. The minimum atomic E-state index is -3.20. The van der Waals surface area contributed by atoms with Crippen molar-refractivity contribution in [3.8, 4) is 0 Å². The third-order valence-electron chi connectivity index (χ3n) is 0.837. The first-order valence-corrected chi connectivity index (χ1v) is 2.67. The van der Waals surface area contributed by atoms with Crippen molar-refractivity contribution in [2.45, 2.75) is 32.2 Å². The SMILES string of the molecule is CCCCC([O-])([O-])[O-].[Cu]. The van der Waals surface area contributed by atoms with Crippen LogP contribution in [0.5, 0.6) is 0 Å². The van der Waals surface area contributed by atoms with Gasteiger partial charge in [0.05, 0.1) is 0 Å². The molecule has 0 aromatic carbocycles. The second kappa shape index (κ2) is 5.21. The van der Waals surface area contributed by atoms with Gasteiger partial charge in [0, 0.05) is 17.1 Å². The molecule has 0 aliphatic carbocycles. The van der Waals surface area contributed by atoms with Crippen LogP contribution in [0.4, 0.5) is 0 Å². The summed E-state index contributed by atoms with van der Waals surface area (Å²) in [5.74, 6) is -3.20. The smallest absolute Gasteiger partial charge is 0 e. The average Bonchev–Trinajstić information content (AvgIpc) is 1.59. The fourth-order valence-corrected chi connectivity index (χ4v) is 0.393. The van der Waals surface area contributed by atoms with Crippen LogP contribution in [0.15, 0.2) is 0 Å². The maximum atomic E-state index is 9.75. The Hall–Kier alpha value is 0.399. The van der Waals surface area contributed by atoms with Gasteiger partial charge in [-0.3, -0.25) is 0 Å². The molecule has 0 amide bonds. The summed E-state index contributed by atoms with van der Waals surface area (Å²) in [5, 5.41) is 29.3. The third kappa shape index (κ3) is 11.8. The van der Waals surface area contributed by atoms with Gasteiger partial charge < -0.3 is 21.3 Å². The van der Waals surface area contributed by atoms with E-state index in [2.05, 4.69) is 0 Å². The third-order valence-corrected chi connectivity index (χ3v) is 0.837. The largest absolute Gasteiger partial charge is 0.876 e. The standard InChI is InChI=1S/C5H9O3.Cu/c1-2-3-4-5(6,7)8;/h2-4H2,1H3;/q-3;. The summed E-state index contributed by atoms with van der Waals surface area (Å²) < 4.78 is 0. The zero-order chi connectivity index (χ0) is 6.62. The Balaban J connectivity index is 0. The van der Waals surface area contributed by atoms with E-state index in [1.165, 1.54) is 0 Å². The molecule has 0 aliphatic heterocycles. The van der Waals surface area contributed by atoms with Gasteiger partial charge in [-0.25, -0.2) is 0 Å². The molecular formula is C5H9CuO3-3. The van der Waals surface area contributed by atoms with Crippen LogP contribution >= 0.6 is 0 Å². The van der Waals surface area contributed by atoms with Crippen molar-refractivity contribution in [2.75, 3.05) is 0 Å². The average molecular weight is 181 g/mol. The Morgan fingerprint density at radius 1 is 1.22 bits per heavy atom. The maximum Gasteiger partial charge on any atom is 0 e. The van der Waals surface area contributed by atoms with Crippen LogP contribution in [0.25, 0.3) is 0 Å². The van der Waals surface area contributed by atoms with Gasteiger partial charge >= 0.3 is 0 Å². The van der Waals surface area contributed by atoms with Gasteiger partial charge in [0.25, 0.3) is 0 Å². The van der Waals surface area contributed by atoms with Crippen LogP contribution in [0.1, 0.15) is 26.2 Å². The van der Waals surface area contributed by atoms with Crippen LogP contribution < -0.4 is 15.3 Å². The Morgan fingerprint density at radius 2 is 1.67 bits per heavy atom. The van der Waals surface area contributed by atoms with Gasteiger partial charge in [-0.05, 0) is 0 Å². The number of rotatable bonds is 3. The van der Waals surface area contributed by atoms with Gasteiger partial charge in [0.15, 0.2) is 0 Å². The predicted octanol–water partition coefficient (Wildman–Crippen LogP) is -2.09. The molecule has 0 aromatic rings. The zero-order valence-electron chi connectivity index (χ0n) is 5.15. The van der Waals surface area contributed by atoms with Crippen LogP contribution in [-0.2, 0) is 17.1 Å². The Morgan fingerprint density at radius 3 is 1.78 bits per heavy atom. The van der Waals surface area contributed by atoms with Crippen molar-refractivity contribution in [1.29, 1.82) is 0 Å². The molecule has 0 fully saturated rings. The van der Waals surface area contributed by atoms with E-state index in [0.717, 1.165) is 6.42 Å². The number of unbranched alkanes of at least 4 members (excludes halogenated alkanes) is 1. The fourth-order valence-electron chi connectivity index (χ4n) is 0.393. The van der Waals surface area contributed by atoms with E-state index in [1.54, 1.807) is 0 Å². The van der Waals surface area contributed by atoms with Crippen molar-refractivity contribution in [3.05, 3.63) is 0 Å². The molecule has 61 valence electrons. The fraction of sp³-hybridized carbons (Fsp3) is 1.00. The van der Waals surface area contributed by atoms with Gasteiger partial charge in [-0.1, -0.05) is 26.2 Å². The van der Waals surface area contributed by atoms with Gasteiger partial charge in [0.1, 0.15) is 0 Å². The summed E-state index contributed by atoms with van der Waals surface area (Å²) in [6.07, 6.45) is 0.870. The van der Waals surface area contributed by atoms with Crippen LogP contribution in [0, 0.1) is 0 Å². The zero-order valence-corrected chi connectivity index (χ0v) is 6.09. The monoisotopic (exact) mass is 180 g/mol. The normalized spacial score (nSPS) is 10.7. The Labute approximate surface area is 65.2 Å². The summed E-state index contributed by atoms with van der Waals surface area (Å²) in [4.78, 5) is 0. The molecule has 0 aliphatic rings. The molecule has 0 saturated heterocycles.